The number of aromatic nitrogens is 2. The molecule has 2 aromatic rings. The van der Waals surface area contributed by atoms with Gasteiger partial charge in [0, 0.05) is 10.9 Å². The Balaban J connectivity index is 2.09. The van der Waals surface area contributed by atoms with E-state index in [1.807, 2.05) is 18.2 Å². The highest BCUT2D eigenvalue weighted by Crippen LogP contribution is 2.22. The summed E-state index contributed by atoms with van der Waals surface area (Å²) >= 11 is 5.08. The van der Waals surface area contributed by atoms with Gasteiger partial charge in [-0.25, -0.2) is 9.97 Å². The first-order chi connectivity index (χ1) is 8.17. The van der Waals surface area contributed by atoms with E-state index in [1.54, 1.807) is 24.3 Å². The van der Waals surface area contributed by atoms with Gasteiger partial charge in [-0.2, -0.15) is 5.26 Å². The molecule has 2 heterocycles. The Morgan fingerprint density at radius 1 is 1.47 bits per heavy atom. The number of aryl methyl sites for hydroxylation is 1. The van der Waals surface area contributed by atoms with E-state index in [4.69, 9.17) is 5.26 Å². The van der Waals surface area contributed by atoms with Crippen LogP contribution in [-0.2, 0) is 6.54 Å². The largest absolute Gasteiger partial charge is 0.365 e. The molecular weight excluding hydrogens is 300 g/mol. The van der Waals surface area contributed by atoms with Crippen LogP contribution in [0.15, 0.2) is 22.0 Å². The molecule has 4 nitrogen and oxygen atoms in total. The van der Waals surface area contributed by atoms with Crippen molar-refractivity contribution >= 4 is 33.1 Å². The topological polar surface area (TPSA) is 61.6 Å². The zero-order chi connectivity index (χ0) is 12.3. The third-order valence-corrected chi connectivity index (χ3v) is 3.65. The van der Waals surface area contributed by atoms with Crippen molar-refractivity contribution in [3.8, 4) is 6.07 Å². The van der Waals surface area contributed by atoms with Crippen LogP contribution in [0.4, 0.5) is 5.82 Å². The second-order valence-corrected chi connectivity index (χ2v) is 5.90. The van der Waals surface area contributed by atoms with Gasteiger partial charge in [-0.3, -0.25) is 0 Å². The molecule has 0 fully saturated rings. The highest BCUT2D eigenvalue weighted by molar-refractivity contribution is 9.11. The molecule has 0 amide bonds. The highest BCUT2D eigenvalue weighted by atomic mass is 79.9. The van der Waals surface area contributed by atoms with E-state index in [0.29, 0.717) is 23.9 Å². The maximum absolute atomic E-state index is 8.80. The van der Waals surface area contributed by atoms with Gasteiger partial charge < -0.3 is 5.32 Å². The van der Waals surface area contributed by atoms with Crippen LogP contribution in [0, 0.1) is 18.3 Å². The summed E-state index contributed by atoms with van der Waals surface area (Å²) in [4.78, 5) is 9.42. The second kappa shape index (κ2) is 5.25. The smallest absolute Gasteiger partial charge is 0.146 e. The first kappa shape index (κ1) is 12.0. The van der Waals surface area contributed by atoms with E-state index >= 15 is 0 Å². The molecule has 2 rings (SSSR count). The Kier molecular flexibility index (Phi) is 3.71. The monoisotopic (exact) mass is 308 g/mol. The van der Waals surface area contributed by atoms with Crippen LogP contribution >= 0.6 is 27.3 Å². The quantitative estimate of drug-likeness (QED) is 0.946. The fourth-order valence-electron chi connectivity index (χ4n) is 1.34. The van der Waals surface area contributed by atoms with E-state index in [0.717, 1.165) is 3.79 Å². The SMILES string of the molecule is Cc1nc(C#N)cc(NCc2ccc(Br)s2)n1. The van der Waals surface area contributed by atoms with Crippen molar-refractivity contribution in [2.75, 3.05) is 5.32 Å². The zero-order valence-corrected chi connectivity index (χ0v) is 11.5. The van der Waals surface area contributed by atoms with Crippen molar-refractivity contribution in [1.29, 1.82) is 5.26 Å². The van der Waals surface area contributed by atoms with Crippen molar-refractivity contribution in [2.24, 2.45) is 0 Å². The van der Waals surface area contributed by atoms with Crippen molar-refractivity contribution in [3.63, 3.8) is 0 Å². The maximum Gasteiger partial charge on any atom is 0.146 e. The molecular formula is C11H9BrN4S. The summed E-state index contributed by atoms with van der Waals surface area (Å²) in [5, 5.41) is 12.0. The van der Waals surface area contributed by atoms with E-state index in [2.05, 4.69) is 31.2 Å². The van der Waals surface area contributed by atoms with Crippen LogP contribution in [0.2, 0.25) is 0 Å². The van der Waals surface area contributed by atoms with Crippen LogP contribution in [-0.4, -0.2) is 9.97 Å². The Morgan fingerprint density at radius 3 is 2.94 bits per heavy atom. The van der Waals surface area contributed by atoms with Gasteiger partial charge in [0.05, 0.1) is 10.3 Å². The molecule has 0 aliphatic heterocycles. The summed E-state index contributed by atoms with van der Waals surface area (Å²) in [5.74, 6) is 1.28. The van der Waals surface area contributed by atoms with Crippen molar-refractivity contribution in [2.45, 2.75) is 13.5 Å². The third-order valence-electron chi connectivity index (χ3n) is 2.03. The van der Waals surface area contributed by atoms with Crippen molar-refractivity contribution < 1.29 is 0 Å². The van der Waals surface area contributed by atoms with Crippen molar-refractivity contribution in [1.82, 2.24) is 9.97 Å². The number of halogens is 1. The van der Waals surface area contributed by atoms with Crippen molar-refractivity contribution in [3.05, 3.63) is 38.4 Å². The van der Waals surface area contributed by atoms with E-state index < -0.39 is 0 Å². The van der Waals surface area contributed by atoms with Gasteiger partial charge in [-0.1, -0.05) is 0 Å². The first-order valence-corrected chi connectivity index (χ1v) is 6.52. The molecule has 0 aliphatic rings. The lowest BCUT2D eigenvalue weighted by Gasteiger charge is -2.04. The number of hydrogen-bond donors (Lipinski definition) is 1. The zero-order valence-electron chi connectivity index (χ0n) is 9.07. The summed E-state index contributed by atoms with van der Waals surface area (Å²) in [7, 11) is 0. The minimum absolute atomic E-state index is 0.382. The number of rotatable bonds is 3. The predicted octanol–water partition coefficient (Wildman–Crippen LogP) is 3.09. The molecule has 17 heavy (non-hydrogen) atoms. The van der Waals surface area contributed by atoms with Crippen LogP contribution in [0.3, 0.4) is 0 Å². The number of anilines is 1. The first-order valence-electron chi connectivity index (χ1n) is 4.91. The average Bonchev–Trinajstić information content (AvgIpc) is 2.72. The van der Waals surface area contributed by atoms with Gasteiger partial charge in [0.1, 0.15) is 23.4 Å². The van der Waals surface area contributed by atoms with Crippen LogP contribution in [0.25, 0.3) is 0 Å². The van der Waals surface area contributed by atoms with Crippen LogP contribution in [0.1, 0.15) is 16.4 Å². The molecule has 0 bridgehead atoms. The fraction of sp³-hybridized carbons (Fsp3) is 0.182. The molecule has 1 N–H and O–H groups in total. The number of hydrogen-bond acceptors (Lipinski definition) is 5. The predicted molar refractivity (Wildman–Crippen MR) is 70.8 cm³/mol. The molecule has 86 valence electrons. The molecule has 0 radical (unpaired) electrons. The second-order valence-electron chi connectivity index (χ2n) is 3.36. The standard InChI is InChI=1S/C11H9BrN4S/c1-7-15-8(5-13)4-11(16-7)14-6-9-2-3-10(12)17-9/h2-4H,6H2,1H3,(H,14,15,16). The Labute approximate surface area is 111 Å². The Bertz CT molecular complexity index is 573. The van der Waals surface area contributed by atoms with E-state index in [1.165, 1.54) is 4.88 Å². The van der Waals surface area contributed by atoms with Gasteiger partial charge in [0.15, 0.2) is 0 Å². The molecule has 0 unspecified atom stereocenters. The summed E-state index contributed by atoms with van der Waals surface area (Å²) in [6, 6.07) is 7.71. The summed E-state index contributed by atoms with van der Waals surface area (Å²) in [6.45, 7) is 2.46. The molecule has 0 saturated heterocycles. The molecule has 0 saturated carbocycles. The third kappa shape index (κ3) is 3.25. The lowest BCUT2D eigenvalue weighted by Crippen LogP contribution is -2.03. The molecule has 0 aromatic carbocycles. The summed E-state index contributed by atoms with van der Waals surface area (Å²) in [6.07, 6.45) is 0. The minimum Gasteiger partial charge on any atom is -0.365 e. The lowest BCUT2D eigenvalue weighted by atomic mass is 10.4. The highest BCUT2D eigenvalue weighted by Gasteiger charge is 2.02. The normalized spacial score (nSPS) is 9.94. The summed E-state index contributed by atoms with van der Waals surface area (Å²) in [5.41, 5.74) is 0.382. The van der Waals surface area contributed by atoms with Gasteiger partial charge in [-0.15, -0.1) is 11.3 Å². The lowest BCUT2D eigenvalue weighted by molar-refractivity contribution is 1.02. The Hall–Kier alpha value is -1.45. The van der Waals surface area contributed by atoms with Gasteiger partial charge in [-0.05, 0) is 35.0 Å². The molecule has 2 aromatic heterocycles. The molecule has 6 heteroatoms. The Morgan fingerprint density at radius 2 is 2.29 bits per heavy atom. The van der Waals surface area contributed by atoms with Gasteiger partial charge >= 0.3 is 0 Å². The molecule has 0 aliphatic carbocycles. The minimum atomic E-state index is 0.382. The fourth-order valence-corrected chi connectivity index (χ4v) is 2.76. The number of nitrogens with one attached hydrogen (secondary N) is 1. The molecule has 0 atom stereocenters. The number of thiophene rings is 1. The van der Waals surface area contributed by atoms with E-state index in [-0.39, 0.29) is 0 Å². The maximum atomic E-state index is 8.80. The van der Waals surface area contributed by atoms with Crippen LogP contribution in [0.5, 0.6) is 0 Å². The van der Waals surface area contributed by atoms with Gasteiger partial charge in [0.2, 0.25) is 0 Å². The van der Waals surface area contributed by atoms with Crippen LogP contribution < -0.4 is 5.32 Å². The number of nitrogens with zero attached hydrogens (tertiary/aromatic N) is 3. The number of nitriles is 1. The van der Waals surface area contributed by atoms with Gasteiger partial charge in [0.25, 0.3) is 0 Å². The average molecular weight is 309 g/mol. The molecule has 0 spiro atoms. The summed E-state index contributed by atoms with van der Waals surface area (Å²) < 4.78 is 1.10. The van der Waals surface area contributed by atoms with E-state index in [9.17, 15) is 0 Å².